The van der Waals surface area contributed by atoms with Crippen LogP contribution in [-0.4, -0.2) is 6.26 Å². The Morgan fingerprint density at radius 2 is 2.00 bits per heavy atom. The zero-order chi connectivity index (χ0) is 11.7. The molecule has 15 heavy (non-hydrogen) atoms. The minimum absolute atomic E-state index is 0.261. The molecule has 0 bridgehead atoms. The highest BCUT2D eigenvalue weighted by molar-refractivity contribution is 8.72. The third-order valence-electron chi connectivity index (χ3n) is 1.14. The molecule has 0 spiro atoms. The Balaban J connectivity index is 4.85. The van der Waals surface area contributed by atoms with E-state index in [1.54, 1.807) is 0 Å². The van der Waals surface area contributed by atoms with Crippen LogP contribution in [0.3, 0.4) is 0 Å². The van der Waals surface area contributed by atoms with Gasteiger partial charge in [-0.2, -0.15) is 3.89 Å². The summed E-state index contributed by atoms with van der Waals surface area (Å²) in [5, 5.41) is 2.03. The van der Waals surface area contributed by atoms with Crippen LogP contribution in [0.1, 0.15) is 12.8 Å². The van der Waals surface area contributed by atoms with E-state index < -0.39 is 16.2 Å². The Bertz CT molecular complexity index is 336. The Labute approximate surface area is 92.8 Å². The van der Waals surface area contributed by atoms with Gasteiger partial charge >= 0.3 is 5.69 Å². The fraction of sp³-hybridized carbons (Fsp3) is 0.429. The van der Waals surface area contributed by atoms with E-state index in [1.807, 2.05) is 5.25 Å². The normalized spacial score (nSPS) is 12.5. The van der Waals surface area contributed by atoms with Crippen molar-refractivity contribution in [2.24, 2.45) is 0 Å². The molecule has 1 atom stereocenters. The predicted octanol–water partition coefficient (Wildman–Crippen LogP) is 3.71. The van der Waals surface area contributed by atoms with Crippen molar-refractivity contribution in [2.75, 3.05) is 6.26 Å². The first-order valence-electron chi connectivity index (χ1n) is 3.55. The molecule has 0 fully saturated rings. The number of terminal acetylenes is 1. The van der Waals surface area contributed by atoms with Gasteiger partial charge in [-0.25, -0.2) is 0 Å². The summed E-state index contributed by atoms with van der Waals surface area (Å²) in [5.41, 5.74) is -3.86. The second-order valence-electron chi connectivity index (χ2n) is 1.99. The summed E-state index contributed by atoms with van der Waals surface area (Å²) in [6.45, 7) is 0. The topological polar surface area (TPSA) is 18.5 Å². The molecule has 8 heteroatoms. The fourth-order valence-corrected chi connectivity index (χ4v) is 4.25. The zero-order valence-corrected chi connectivity index (χ0v) is 10.2. The maximum absolute atomic E-state index is 13.3. The van der Waals surface area contributed by atoms with Crippen LogP contribution in [0.25, 0.3) is 0 Å². The molecule has 0 aliphatic carbocycles. The van der Waals surface area contributed by atoms with Crippen LogP contribution in [0.4, 0.5) is 12.9 Å². The summed E-state index contributed by atoms with van der Waals surface area (Å²) in [4.78, 5) is 0. The van der Waals surface area contributed by atoms with Crippen LogP contribution in [0.2, 0.25) is 0 Å². The third-order valence-corrected chi connectivity index (χ3v) is 8.62. The van der Waals surface area contributed by atoms with Gasteiger partial charge < -0.3 is 0 Å². The maximum atomic E-state index is 13.3. The van der Waals surface area contributed by atoms with Crippen molar-refractivity contribution in [3.63, 3.8) is 0 Å². The van der Waals surface area contributed by atoms with Crippen molar-refractivity contribution in [1.82, 2.24) is 0 Å². The molecule has 0 saturated heterocycles. The first-order chi connectivity index (χ1) is 7.16. The lowest BCUT2D eigenvalue weighted by atomic mass is 10.3. The van der Waals surface area contributed by atoms with Crippen molar-refractivity contribution in [3.05, 3.63) is 0 Å². The summed E-state index contributed by atoms with van der Waals surface area (Å²) in [7, 11) is -2.42. The quantitative estimate of drug-likeness (QED) is 0.443. The van der Waals surface area contributed by atoms with Gasteiger partial charge in [0.2, 0.25) is 0 Å². The first kappa shape index (κ1) is 15.0. The molecule has 0 N–H and O–H groups in total. The summed E-state index contributed by atoms with van der Waals surface area (Å²) >= 11 is 0.500. The molecule has 0 aromatic carbocycles. The molecule has 0 aromatic rings. The van der Waals surface area contributed by atoms with E-state index in [0.717, 1.165) is 0 Å². The Morgan fingerprint density at radius 3 is 2.40 bits per heavy atom. The monoisotopic (exact) mass is 276 g/mol. The van der Waals surface area contributed by atoms with Crippen molar-refractivity contribution in [3.8, 4) is 23.5 Å². The molecule has 0 heterocycles. The predicted molar refractivity (Wildman–Crippen MR) is 59.1 cm³/mol. The molecule has 0 aliphatic rings. The second-order valence-corrected chi connectivity index (χ2v) is 9.84. The largest absolute Gasteiger partial charge is 0.320 e. The van der Waals surface area contributed by atoms with E-state index in [9.17, 15) is 12.9 Å². The summed E-state index contributed by atoms with van der Waals surface area (Å²) in [5.74, 6) is 4.65. The van der Waals surface area contributed by atoms with Gasteiger partial charge in [-0.05, 0) is 20.6 Å². The highest BCUT2D eigenvalue weighted by Gasteiger charge is 2.27. The summed E-state index contributed by atoms with van der Waals surface area (Å²) in [6, 6.07) is 0. The molecule has 0 aliphatic heterocycles. The van der Waals surface area contributed by atoms with Crippen molar-refractivity contribution in [2.45, 2.75) is 12.8 Å². The van der Waals surface area contributed by atoms with Crippen LogP contribution >= 0.6 is 17.1 Å². The van der Waals surface area contributed by atoms with E-state index in [4.69, 9.17) is 6.42 Å². The summed E-state index contributed by atoms with van der Waals surface area (Å²) < 4.78 is 43.6. The van der Waals surface area contributed by atoms with Crippen LogP contribution in [0.15, 0.2) is 0 Å². The second kappa shape index (κ2) is 8.15. The molecule has 0 saturated carbocycles. The van der Waals surface area contributed by atoms with Gasteiger partial charge in [-0.1, -0.05) is 17.3 Å². The Morgan fingerprint density at radius 1 is 1.40 bits per heavy atom. The van der Waals surface area contributed by atoms with Gasteiger partial charge in [0, 0.05) is 12.8 Å². The van der Waals surface area contributed by atoms with Crippen LogP contribution < -0.4 is 0 Å². The van der Waals surface area contributed by atoms with Crippen LogP contribution in [-0.2, 0) is 19.9 Å². The van der Waals surface area contributed by atoms with Crippen molar-refractivity contribution >= 4 is 27.5 Å². The average molecular weight is 276 g/mol. The highest BCUT2D eigenvalue weighted by atomic mass is 32.9. The van der Waals surface area contributed by atoms with Crippen LogP contribution in [0, 0.1) is 23.5 Å². The summed E-state index contributed by atoms with van der Waals surface area (Å²) in [6.07, 6.45) is 6.82. The van der Waals surface area contributed by atoms with E-state index in [2.05, 4.69) is 21.3 Å². The van der Waals surface area contributed by atoms with Gasteiger partial charge in [-0.15, -0.1) is 21.8 Å². The standard InChI is InChI=1S/C7H8F3O2PS2/c1-3-4-5-6-7-15(10)13(11-8,12-9)14-2/h1H,4-5H2,2H3. The number of rotatable bonds is 4. The van der Waals surface area contributed by atoms with Gasteiger partial charge in [0.25, 0.3) is 0 Å². The molecule has 0 radical (unpaired) electrons. The molecular weight excluding hydrogens is 268 g/mol. The number of halogens is 3. The van der Waals surface area contributed by atoms with E-state index in [1.165, 1.54) is 6.26 Å². The van der Waals surface area contributed by atoms with E-state index >= 15 is 0 Å². The van der Waals surface area contributed by atoms with Crippen molar-refractivity contribution < 1.29 is 22.4 Å². The minimum atomic E-state index is -3.86. The first-order valence-corrected chi connectivity index (χ1v) is 8.74. The highest BCUT2D eigenvalue weighted by Crippen LogP contribution is 2.64. The molecule has 0 amide bonds. The molecule has 1 unspecified atom stereocenters. The number of unbranched alkanes of at least 4 members (excludes halogenated alkanes) is 1. The van der Waals surface area contributed by atoms with Gasteiger partial charge in [0.15, 0.2) is 0 Å². The van der Waals surface area contributed by atoms with Gasteiger partial charge in [-0.3, -0.25) is 0 Å². The fourth-order valence-electron chi connectivity index (χ4n) is 0.483. The minimum Gasteiger partial charge on any atom is -0.155 e. The molecular formula is C7H8F3O2PS2. The zero-order valence-electron chi connectivity index (χ0n) is 7.71. The number of hydrogen-bond donors (Lipinski definition) is 0. The van der Waals surface area contributed by atoms with Gasteiger partial charge in [0.05, 0.1) is 0 Å². The van der Waals surface area contributed by atoms with E-state index in [-0.39, 0.29) is 6.42 Å². The number of hydrogen-bond acceptors (Lipinski definition) is 3. The Kier molecular flexibility index (Phi) is 8.13. The molecule has 0 rings (SSSR count). The lowest BCUT2D eigenvalue weighted by Gasteiger charge is -2.10. The lowest BCUT2D eigenvalue weighted by Crippen LogP contribution is -1.84. The smallest absolute Gasteiger partial charge is 0.155 e. The third kappa shape index (κ3) is 4.55. The van der Waals surface area contributed by atoms with E-state index in [0.29, 0.717) is 17.8 Å². The SMILES string of the molecule is C#CCCC#CS(F)=P(OF)(OF)SC. The molecule has 86 valence electrons. The van der Waals surface area contributed by atoms with Crippen molar-refractivity contribution in [1.29, 1.82) is 0 Å². The van der Waals surface area contributed by atoms with Crippen LogP contribution in [0.5, 0.6) is 0 Å². The molecule has 2 nitrogen and oxygen atoms in total. The Hall–Kier alpha value is -0.0400. The average Bonchev–Trinajstić information content (AvgIpc) is 2.28. The lowest BCUT2D eigenvalue weighted by molar-refractivity contribution is -0.0636. The molecule has 0 aromatic heterocycles. The van der Waals surface area contributed by atoms with Gasteiger partial charge in [0.1, 0.15) is 10.5 Å². The maximum Gasteiger partial charge on any atom is 0.320 e.